The highest BCUT2D eigenvalue weighted by Gasteiger charge is 2.50. The van der Waals surface area contributed by atoms with Crippen LogP contribution >= 0.6 is 15.9 Å². The zero-order valence-corrected chi connectivity index (χ0v) is 20.0. The number of nitrogens with zero attached hydrogens (tertiary/aromatic N) is 1. The number of benzene rings is 3. The molecule has 2 aliphatic rings. The summed E-state index contributed by atoms with van der Waals surface area (Å²) in [4.78, 5) is 37.4. The van der Waals surface area contributed by atoms with Gasteiger partial charge in [-0.05, 0) is 56.4 Å². The van der Waals surface area contributed by atoms with Crippen molar-refractivity contribution in [3.8, 4) is 11.1 Å². The Morgan fingerprint density at radius 3 is 2.17 bits per heavy atom. The predicted octanol–water partition coefficient (Wildman–Crippen LogP) is 4.08. The lowest BCUT2D eigenvalue weighted by Crippen LogP contribution is -2.67. The maximum Gasteiger partial charge on any atom is 0.411 e. The Morgan fingerprint density at radius 1 is 1.00 bits per heavy atom. The molecule has 1 aliphatic heterocycles. The highest BCUT2D eigenvalue weighted by molar-refractivity contribution is 9.10. The smallest absolute Gasteiger partial charge is 0.411 e. The molecule has 0 atom stereocenters. The number of hydrogen-bond donors (Lipinski definition) is 3. The van der Waals surface area contributed by atoms with E-state index in [1.165, 1.54) is 17.0 Å². The maximum absolute atomic E-state index is 12.6. The average Bonchev–Trinajstić information content (AvgIpc) is 3.15. The lowest BCUT2D eigenvalue weighted by molar-refractivity contribution is -0.173. The maximum atomic E-state index is 12.6. The van der Waals surface area contributed by atoms with E-state index in [0.29, 0.717) is 15.7 Å². The van der Waals surface area contributed by atoms with Gasteiger partial charge in [0, 0.05) is 16.0 Å². The van der Waals surface area contributed by atoms with Gasteiger partial charge in [0.1, 0.15) is 6.61 Å². The topological polar surface area (TPSA) is 116 Å². The first-order valence-corrected chi connectivity index (χ1v) is 11.7. The Labute approximate surface area is 209 Å². The van der Waals surface area contributed by atoms with Crippen molar-refractivity contribution < 1.29 is 29.3 Å². The zero-order chi connectivity index (χ0) is 24.7. The molecule has 1 aliphatic carbocycles. The van der Waals surface area contributed by atoms with Crippen LogP contribution in [0.3, 0.4) is 0 Å². The van der Waals surface area contributed by atoms with Crippen molar-refractivity contribution in [2.45, 2.75) is 11.5 Å². The van der Waals surface area contributed by atoms with Gasteiger partial charge in [-0.1, -0.05) is 48.5 Å². The fourth-order valence-electron chi connectivity index (χ4n) is 4.54. The van der Waals surface area contributed by atoms with Crippen molar-refractivity contribution in [2.75, 3.05) is 25.0 Å². The van der Waals surface area contributed by atoms with Crippen molar-refractivity contribution in [3.05, 3.63) is 87.9 Å². The number of nitrogens with one attached hydrogen (secondary N) is 1. The Hall–Kier alpha value is -3.69. The third-order valence-corrected chi connectivity index (χ3v) is 7.04. The van der Waals surface area contributed by atoms with Gasteiger partial charge >= 0.3 is 12.1 Å². The molecule has 0 unspecified atom stereocenters. The first-order chi connectivity index (χ1) is 16.8. The number of carbonyl (C=O) groups is 3. The normalized spacial score (nSPS) is 15.5. The van der Waals surface area contributed by atoms with Crippen LogP contribution in [-0.4, -0.2) is 58.4 Å². The van der Waals surface area contributed by atoms with Crippen LogP contribution in [0.15, 0.2) is 71.2 Å². The number of aliphatic carboxylic acids is 1. The van der Waals surface area contributed by atoms with Gasteiger partial charge in [0.15, 0.2) is 5.60 Å². The van der Waals surface area contributed by atoms with Crippen molar-refractivity contribution in [1.82, 2.24) is 4.90 Å². The van der Waals surface area contributed by atoms with Gasteiger partial charge in [-0.15, -0.1) is 0 Å². The molecule has 0 saturated carbocycles. The van der Waals surface area contributed by atoms with Crippen LogP contribution in [0.1, 0.15) is 27.4 Å². The number of aliphatic hydroxyl groups is 1. The molecule has 0 spiro atoms. The van der Waals surface area contributed by atoms with Crippen molar-refractivity contribution >= 4 is 39.6 Å². The van der Waals surface area contributed by atoms with Crippen LogP contribution in [0.2, 0.25) is 0 Å². The molecule has 3 N–H and O–H groups in total. The summed E-state index contributed by atoms with van der Waals surface area (Å²) in [7, 11) is 0. The van der Waals surface area contributed by atoms with Crippen molar-refractivity contribution in [1.29, 1.82) is 0 Å². The summed E-state index contributed by atoms with van der Waals surface area (Å²) in [5, 5.41) is 21.5. The minimum absolute atomic E-state index is 0.0578. The Morgan fingerprint density at radius 2 is 1.60 bits per heavy atom. The molecule has 0 bridgehead atoms. The lowest BCUT2D eigenvalue weighted by Gasteiger charge is -2.43. The SMILES string of the molecule is O=C(Nc1ccc(C(=O)N2CC(O)(C(=O)O)C2)cc1Br)OCC1c2ccccc2-c2ccccc21. The minimum atomic E-state index is -1.90. The quantitative estimate of drug-likeness (QED) is 0.452. The number of carboxylic acid groups (broad SMARTS) is 1. The number of carbonyl (C=O) groups excluding carboxylic acids is 2. The highest BCUT2D eigenvalue weighted by atomic mass is 79.9. The molecule has 0 aromatic heterocycles. The second-order valence-corrected chi connectivity index (χ2v) is 9.50. The molecule has 1 fully saturated rings. The van der Waals surface area contributed by atoms with E-state index in [1.807, 2.05) is 36.4 Å². The van der Waals surface area contributed by atoms with Gasteiger partial charge < -0.3 is 19.8 Å². The van der Waals surface area contributed by atoms with E-state index in [2.05, 4.69) is 33.4 Å². The van der Waals surface area contributed by atoms with Crippen LogP contribution in [0, 0.1) is 0 Å². The second-order valence-electron chi connectivity index (χ2n) is 8.64. The molecule has 2 amide bonds. The third-order valence-electron chi connectivity index (χ3n) is 6.39. The van der Waals surface area contributed by atoms with Gasteiger partial charge in [0.05, 0.1) is 18.8 Å². The number of carboxylic acids is 1. The molecule has 8 nitrogen and oxygen atoms in total. The summed E-state index contributed by atoms with van der Waals surface area (Å²) >= 11 is 3.35. The van der Waals surface area contributed by atoms with Crippen LogP contribution in [0.5, 0.6) is 0 Å². The average molecular weight is 537 g/mol. The van der Waals surface area contributed by atoms with E-state index >= 15 is 0 Å². The first-order valence-electron chi connectivity index (χ1n) is 10.9. The van der Waals surface area contributed by atoms with Crippen LogP contribution in [0.4, 0.5) is 10.5 Å². The molecule has 5 rings (SSSR count). The Balaban J connectivity index is 1.22. The summed E-state index contributed by atoms with van der Waals surface area (Å²) in [6.07, 6.45) is -0.624. The third kappa shape index (κ3) is 4.17. The molecular weight excluding hydrogens is 516 g/mol. The predicted molar refractivity (Wildman–Crippen MR) is 131 cm³/mol. The summed E-state index contributed by atoms with van der Waals surface area (Å²) < 4.78 is 6.02. The van der Waals surface area contributed by atoms with E-state index < -0.39 is 23.6 Å². The summed E-state index contributed by atoms with van der Waals surface area (Å²) in [5.41, 5.74) is 3.33. The minimum Gasteiger partial charge on any atom is -0.479 e. The highest BCUT2D eigenvalue weighted by Crippen LogP contribution is 2.44. The molecular formula is C26H21BrN2O6. The van der Waals surface area contributed by atoms with Gasteiger partial charge in [0.2, 0.25) is 0 Å². The number of anilines is 1. The molecule has 3 aromatic rings. The summed E-state index contributed by atoms with van der Waals surface area (Å²) in [5.74, 6) is -1.83. The number of hydrogen-bond acceptors (Lipinski definition) is 5. The molecule has 178 valence electrons. The Kier molecular flexibility index (Phi) is 5.82. The van der Waals surface area contributed by atoms with Gasteiger partial charge in [-0.3, -0.25) is 10.1 Å². The number of likely N-dealkylation sites (tertiary alicyclic amines) is 1. The van der Waals surface area contributed by atoms with E-state index in [-0.39, 0.29) is 25.6 Å². The standard InChI is InChI=1S/C26H21BrN2O6/c27-21-11-15(23(30)29-13-26(34,14-29)24(31)32)9-10-22(21)28-25(33)35-12-20-18-7-3-1-5-16(18)17-6-2-4-8-19(17)20/h1-11,20,34H,12-14H2,(H,28,33)(H,31,32). The number of ether oxygens (including phenoxy) is 1. The van der Waals surface area contributed by atoms with E-state index in [0.717, 1.165) is 22.3 Å². The largest absolute Gasteiger partial charge is 0.479 e. The molecule has 9 heteroatoms. The van der Waals surface area contributed by atoms with Crippen LogP contribution in [0.25, 0.3) is 11.1 Å². The molecule has 3 aromatic carbocycles. The van der Waals surface area contributed by atoms with Gasteiger partial charge in [0.25, 0.3) is 5.91 Å². The summed E-state index contributed by atoms with van der Waals surface area (Å²) in [6.45, 7) is -0.382. The number of β-amino-alcohol motifs (C(OH)–C–C–N with tert-alkyl or cyclic N) is 1. The molecule has 35 heavy (non-hydrogen) atoms. The number of fused-ring (bicyclic) bond motifs is 3. The van der Waals surface area contributed by atoms with E-state index in [9.17, 15) is 19.5 Å². The number of halogens is 1. The number of amides is 2. The van der Waals surface area contributed by atoms with E-state index in [4.69, 9.17) is 9.84 Å². The van der Waals surface area contributed by atoms with Gasteiger partial charge in [-0.2, -0.15) is 0 Å². The second kappa shape index (κ2) is 8.83. The first kappa shape index (κ1) is 23.1. The van der Waals surface area contributed by atoms with Gasteiger partial charge in [-0.25, -0.2) is 9.59 Å². The van der Waals surface area contributed by atoms with Crippen molar-refractivity contribution in [3.63, 3.8) is 0 Å². The summed E-state index contributed by atoms with van der Waals surface area (Å²) in [6, 6.07) is 20.8. The molecule has 1 saturated heterocycles. The lowest BCUT2D eigenvalue weighted by atomic mass is 9.93. The van der Waals surface area contributed by atoms with Crippen LogP contribution < -0.4 is 5.32 Å². The van der Waals surface area contributed by atoms with Crippen molar-refractivity contribution in [2.24, 2.45) is 0 Å². The fourth-order valence-corrected chi connectivity index (χ4v) is 5.02. The molecule has 1 heterocycles. The van der Waals surface area contributed by atoms with Crippen LogP contribution in [-0.2, 0) is 9.53 Å². The zero-order valence-electron chi connectivity index (χ0n) is 18.4. The van der Waals surface area contributed by atoms with E-state index in [1.54, 1.807) is 6.07 Å². The Bertz CT molecular complexity index is 1310. The fraction of sp³-hybridized carbons (Fsp3) is 0.192. The number of rotatable bonds is 5. The monoisotopic (exact) mass is 536 g/mol. The molecule has 0 radical (unpaired) electrons.